The fraction of sp³-hybridized carbons (Fsp3) is 0.125. The lowest BCUT2D eigenvalue weighted by Crippen LogP contribution is -2.39. The van der Waals surface area contributed by atoms with Gasteiger partial charge in [0.1, 0.15) is 0 Å². The average Bonchev–Trinajstić information content (AvgIpc) is 2.65. The number of carbonyl (C=O) groups excluding carboxylic acids is 2. The van der Waals surface area contributed by atoms with Crippen LogP contribution in [0.25, 0.3) is 0 Å². The van der Waals surface area contributed by atoms with Gasteiger partial charge in [0.15, 0.2) is 23.8 Å². The quantitative estimate of drug-likeness (QED) is 0.424. The highest BCUT2D eigenvalue weighted by atomic mass is 16.6. The van der Waals surface area contributed by atoms with E-state index in [0.717, 1.165) is 48.5 Å². The molecule has 2 aromatic carbocycles. The number of aliphatic hydroxyl groups excluding tert-OH is 2. The molecule has 0 saturated heterocycles. The van der Waals surface area contributed by atoms with Crippen LogP contribution in [-0.4, -0.2) is 43.8 Å². The van der Waals surface area contributed by atoms with Crippen LogP contribution >= 0.6 is 0 Å². The van der Waals surface area contributed by atoms with Gasteiger partial charge in [0.05, 0.1) is 9.85 Å². The van der Waals surface area contributed by atoms with E-state index in [2.05, 4.69) is 0 Å². The van der Waals surface area contributed by atoms with Crippen molar-refractivity contribution >= 4 is 22.9 Å². The highest BCUT2D eigenvalue weighted by Gasteiger charge is 2.31. The minimum absolute atomic E-state index is 0.126. The average molecular weight is 360 g/mol. The van der Waals surface area contributed by atoms with Crippen LogP contribution in [0.5, 0.6) is 0 Å². The normalized spacial score (nSPS) is 12.8. The molecule has 2 rings (SSSR count). The molecule has 0 heterocycles. The maximum atomic E-state index is 12.1. The Hall–Kier alpha value is -3.50. The number of aliphatic hydroxyl groups is 2. The molecule has 2 aromatic rings. The second-order valence-corrected chi connectivity index (χ2v) is 5.23. The van der Waals surface area contributed by atoms with Gasteiger partial charge in [-0.25, -0.2) is 0 Å². The highest BCUT2D eigenvalue weighted by Crippen LogP contribution is 2.17. The van der Waals surface area contributed by atoms with Gasteiger partial charge in [-0.3, -0.25) is 29.8 Å². The topological polar surface area (TPSA) is 161 Å². The summed E-state index contributed by atoms with van der Waals surface area (Å²) in [6.07, 6.45) is -4.20. The summed E-state index contributed by atoms with van der Waals surface area (Å²) >= 11 is 0. The molecular weight excluding hydrogens is 348 g/mol. The number of benzene rings is 2. The Morgan fingerprint density at radius 3 is 1.19 bits per heavy atom. The summed E-state index contributed by atoms with van der Waals surface area (Å²) in [5.41, 5.74) is -0.783. The Morgan fingerprint density at radius 1 is 0.692 bits per heavy atom. The van der Waals surface area contributed by atoms with E-state index >= 15 is 0 Å². The first-order chi connectivity index (χ1) is 12.2. The number of Topliss-reactive ketones (excluding diaryl/α,β-unsaturated/α-hetero) is 2. The number of ketones is 2. The molecule has 0 bridgehead atoms. The van der Waals surface area contributed by atoms with Crippen LogP contribution in [0.3, 0.4) is 0 Å². The van der Waals surface area contributed by atoms with Crippen molar-refractivity contribution in [2.24, 2.45) is 0 Å². The molecule has 26 heavy (non-hydrogen) atoms. The summed E-state index contributed by atoms with van der Waals surface area (Å²) in [4.78, 5) is 44.1. The molecular formula is C16H12N2O8. The second kappa shape index (κ2) is 7.59. The van der Waals surface area contributed by atoms with Crippen molar-refractivity contribution in [2.75, 3.05) is 0 Å². The van der Waals surface area contributed by atoms with Crippen molar-refractivity contribution in [1.29, 1.82) is 0 Å². The number of rotatable bonds is 7. The number of hydrogen-bond donors (Lipinski definition) is 2. The summed E-state index contributed by atoms with van der Waals surface area (Å²) < 4.78 is 0. The Labute approximate surface area is 145 Å². The van der Waals surface area contributed by atoms with Gasteiger partial charge in [0.25, 0.3) is 11.4 Å². The van der Waals surface area contributed by atoms with Crippen molar-refractivity contribution in [3.8, 4) is 0 Å². The van der Waals surface area contributed by atoms with Crippen LogP contribution < -0.4 is 0 Å². The van der Waals surface area contributed by atoms with Crippen LogP contribution in [0.2, 0.25) is 0 Å². The van der Waals surface area contributed by atoms with Gasteiger partial charge in [0, 0.05) is 35.4 Å². The summed E-state index contributed by atoms with van der Waals surface area (Å²) in [5, 5.41) is 41.0. The third kappa shape index (κ3) is 3.94. The number of hydrogen-bond acceptors (Lipinski definition) is 8. The molecule has 0 aliphatic heterocycles. The summed E-state index contributed by atoms with van der Waals surface area (Å²) in [7, 11) is 0. The van der Waals surface area contributed by atoms with E-state index in [1.807, 2.05) is 0 Å². The van der Waals surface area contributed by atoms with Gasteiger partial charge < -0.3 is 10.2 Å². The minimum atomic E-state index is -2.10. The van der Waals surface area contributed by atoms with Gasteiger partial charge >= 0.3 is 0 Å². The van der Waals surface area contributed by atoms with Crippen molar-refractivity contribution < 1.29 is 29.6 Å². The van der Waals surface area contributed by atoms with Crippen LogP contribution in [0.4, 0.5) is 11.4 Å². The van der Waals surface area contributed by atoms with Gasteiger partial charge in [-0.05, 0) is 24.3 Å². The highest BCUT2D eigenvalue weighted by molar-refractivity contribution is 6.07. The largest absolute Gasteiger partial charge is 0.382 e. The first kappa shape index (κ1) is 18.8. The smallest absolute Gasteiger partial charge is 0.269 e. The number of carbonyl (C=O) groups is 2. The van der Waals surface area contributed by atoms with E-state index in [1.54, 1.807) is 0 Å². The third-order valence-electron chi connectivity index (χ3n) is 3.56. The van der Waals surface area contributed by atoms with Crippen LogP contribution in [0.1, 0.15) is 20.7 Å². The maximum absolute atomic E-state index is 12.1. The number of non-ortho nitro benzene ring substituents is 2. The van der Waals surface area contributed by atoms with E-state index < -0.39 is 33.6 Å². The van der Waals surface area contributed by atoms with Crippen molar-refractivity contribution in [3.63, 3.8) is 0 Å². The Kier molecular flexibility index (Phi) is 5.50. The lowest BCUT2D eigenvalue weighted by molar-refractivity contribution is -0.385. The molecule has 0 saturated carbocycles. The molecule has 0 aliphatic rings. The molecule has 0 amide bonds. The van der Waals surface area contributed by atoms with Gasteiger partial charge in [-0.2, -0.15) is 0 Å². The number of nitro benzene ring substituents is 2. The van der Waals surface area contributed by atoms with Gasteiger partial charge in [-0.1, -0.05) is 0 Å². The van der Waals surface area contributed by atoms with Crippen molar-refractivity contribution in [2.45, 2.75) is 12.2 Å². The van der Waals surface area contributed by atoms with E-state index in [1.165, 1.54) is 0 Å². The predicted molar refractivity (Wildman–Crippen MR) is 86.9 cm³/mol. The molecule has 10 heteroatoms. The molecule has 0 fully saturated rings. The second-order valence-electron chi connectivity index (χ2n) is 5.23. The first-order valence-corrected chi connectivity index (χ1v) is 7.16. The Balaban J connectivity index is 2.15. The Bertz CT molecular complexity index is 787. The SMILES string of the molecule is O=C(c1ccc([N+](=O)[O-])cc1)C(O)C(O)C(=O)c1ccc([N+](=O)[O-])cc1. The zero-order valence-corrected chi connectivity index (χ0v) is 13.0. The molecule has 0 radical (unpaired) electrons. The molecule has 2 N–H and O–H groups in total. The first-order valence-electron chi connectivity index (χ1n) is 7.16. The van der Waals surface area contributed by atoms with E-state index in [4.69, 9.17) is 0 Å². The summed E-state index contributed by atoms with van der Waals surface area (Å²) in [6, 6.07) is 8.54. The zero-order valence-electron chi connectivity index (χ0n) is 13.0. The number of nitrogens with zero attached hydrogens (tertiary/aromatic N) is 2. The molecule has 2 unspecified atom stereocenters. The molecule has 10 nitrogen and oxygen atoms in total. The fourth-order valence-electron chi connectivity index (χ4n) is 2.12. The molecule has 0 spiro atoms. The van der Waals surface area contributed by atoms with Crippen molar-refractivity contribution in [1.82, 2.24) is 0 Å². The third-order valence-corrected chi connectivity index (χ3v) is 3.56. The minimum Gasteiger partial charge on any atom is -0.382 e. The fourth-order valence-corrected chi connectivity index (χ4v) is 2.12. The lowest BCUT2D eigenvalue weighted by atomic mass is 9.96. The van der Waals surface area contributed by atoms with Gasteiger partial charge in [-0.15, -0.1) is 0 Å². The van der Waals surface area contributed by atoms with Crippen LogP contribution in [0, 0.1) is 20.2 Å². The monoisotopic (exact) mass is 360 g/mol. The zero-order chi connectivity index (χ0) is 19.4. The van der Waals surface area contributed by atoms with Gasteiger partial charge in [0.2, 0.25) is 0 Å². The molecule has 0 aromatic heterocycles. The van der Waals surface area contributed by atoms with E-state index in [-0.39, 0.29) is 22.5 Å². The summed E-state index contributed by atoms with van der Waals surface area (Å²) in [6.45, 7) is 0. The maximum Gasteiger partial charge on any atom is 0.269 e. The standard InChI is InChI=1S/C16H12N2O8/c19-13(9-1-5-11(6-2-9)17(23)24)15(21)16(22)14(20)10-3-7-12(8-4-10)18(25)26/h1-8,15-16,21-22H. The van der Waals surface area contributed by atoms with Crippen molar-refractivity contribution in [3.05, 3.63) is 79.9 Å². The Morgan fingerprint density at radius 2 is 0.962 bits per heavy atom. The molecule has 0 aliphatic carbocycles. The van der Waals surface area contributed by atoms with Crippen LogP contribution in [0.15, 0.2) is 48.5 Å². The summed E-state index contributed by atoms with van der Waals surface area (Å²) in [5.74, 6) is -2.00. The lowest BCUT2D eigenvalue weighted by Gasteiger charge is -2.15. The molecule has 2 atom stereocenters. The van der Waals surface area contributed by atoms with Crippen LogP contribution in [-0.2, 0) is 0 Å². The van der Waals surface area contributed by atoms with E-state index in [0.29, 0.717) is 0 Å². The number of nitro groups is 2. The van der Waals surface area contributed by atoms with E-state index in [9.17, 15) is 40.0 Å². The molecule has 134 valence electrons. The predicted octanol–water partition coefficient (Wildman–Crippen LogP) is 1.29.